The summed E-state index contributed by atoms with van der Waals surface area (Å²) in [5.74, 6) is 0.539. The molecule has 0 aliphatic carbocycles. The van der Waals surface area contributed by atoms with Gasteiger partial charge in [0.2, 0.25) is 0 Å². The molecule has 0 bridgehead atoms. The van der Waals surface area contributed by atoms with E-state index in [-0.39, 0.29) is 12.6 Å². The highest BCUT2D eigenvalue weighted by atomic mass is 16.5. The SMILES string of the molecule is CCCCCCCCC(CCCCCC)COC(=O)CCCCCNCCCO. The summed E-state index contributed by atoms with van der Waals surface area (Å²) in [6.45, 7) is 7.22. The van der Waals surface area contributed by atoms with Gasteiger partial charge in [-0.15, -0.1) is 0 Å². The average molecular weight is 414 g/mol. The Hall–Kier alpha value is -0.610. The molecule has 174 valence electrons. The van der Waals surface area contributed by atoms with Gasteiger partial charge in [0.15, 0.2) is 0 Å². The molecule has 0 aliphatic heterocycles. The van der Waals surface area contributed by atoms with Crippen LogP contribution in [0.4, 0.5) is 0 Å². The van der Waals surface area contributed by atoms with Gasteiger partial charge in [-0.3, -0.25) is 4.79 Å². The lowest BCUT2D eigenvalue weighted by atomic mass is 9.95. The third-order valence-electron chi connectivity index (χ3n) is 5.66. The molecule has 0 aliphatic rings. The molecule has 0 radical (unpaired) electrons. The average Bonchev–Trinajstić information content (AvgIpc) is 2.73. The summed E-state index contributed by atoms with van der Waals surface area (Å²) in [5.41, 5.74) is 0. The van der Waals surface area contributed by atoms with E-state index in [0.29, 0.717) is 18.9 Å². The molecule has 0 aromatic rings. The number of rotatable bonds is 23. The number of unbranched alkanes of at least 4 members (excludes halogenated alkanes) is 10. The standard InChI is InChI=1S/C25H51NO3/c1-3-5-7-9-10-13-18-24(17-12-8-6-4-2)23-29-25(28)19-14-11-15-20-26-21-16-22-27/h24,26-27H,3-23H2,1-2H3. The Morgan fingerprint density at radius 1 is 0.759 bits per heavy atom. The van der Waals surface area contributed by atoms with Crippen LogP contribution in [0.1, 0.15) is 123 Å². The van der Waals surface area contributed by atoms with Gasteiger partial charge < -0.3 is 15.2 Å². The van der Waals surface area contributed by atoms with Crippen molar-refractivity contribution >= 4 is 5.97 Å². The van der Waals surface area contributed by atoms with Crippen molar-refractivity contribution in [3.8, 4) is 0 Å². The first-order chi connectivity index (χ1) is 14.2. The number of ether oxygens (including phenoxy) is 1. The van der Waals surface area contributed by atoms with E-state index in [1.54, 1.807) is 0 Å². The summed E-state index contributed by atoms with van der Waals surface area (Å²) in [5, 5.41) is 12.0. The fourth-order valence-corrected chi connectivity index (χ4v) is 3.69. The van der Waals surface area contributed by atoms with Crippen molar-refractivity contribution in [2.45, 2.75) is 123 Å². The first-order valence-corrected chi connectivity index (χ1v) is 12.7. The number of aliphatic hydroxyl groups excluding tert-OH is 1. The van der Waals surface area contributed by atoms with E-state index in [9.17, 15) is 4.79 Å². The third kappa shape index (κ3) is 21.9. The zero-order valence-electron chi connectivity index (χ0n) is 19.7. The molecule has 2 N–H and O–H groups in total. The van der Waals surface area contributed by atoms with Crippen molar-refractivity contribution < 1.29 is 14.6 Å². The predicted molar refractivity (Wildman–Crippen MR) is 124 cm³/mol. The Balaban J connectivity index is 3.85. The molecular weight excluding hydrogens is 362 g/mol. The fourth-order valence-electron chi connectivity index (χ4n) is 3.69. The van der Waals surface area contributed by atoms with Crippen LogP contribution < -0.4 is 5.32 Å². The quantitative estimate of drug-likeness (QED) is 0.150. The number of aliphatic hydroxyl groups is 1. The van der Waals surface area contributed by atoms with Gasteiger partial charge in [0.25, 0.3) is 0 Å². The smallest absolute Gasteiger partial charge is 0.305 e. The van der Waals surface area contributed by atoms with Crippen LogP contribution in [0, 0.1) is 5.92 Å². The fraction of sp³-hybridized carbons (Fsp3) is 0.960. The normalized spacial score (nSPS) is 12.2. The summed E-state index contributed by atoms with van der Waals surface area (Å²) in [6, 6.07) is 0. The molecule has 0 heterocycles. The van der Waals surface area contributed by atoms with E-state index >= 15 is 0 Å². The Kier molecular flexibility index (Phi) is 23.2. The zero-order chi connectivity index (χ0) is 21.4. The van der Waals surface area contributed by atoms with Crippen LogP contribution in [0.3, 0.4) is 0 Å². The van der Waals surface area contributed by atoms with Gasteiger partial charge in [0.1, 0.15) is 0 Å². The van der Waals surface area contributed by atoms with E-state index in [1.165, 1.54) is 77.0 Å². The second-order valence-corrected chi connectivity index (χ2v) is 8.59. The number of esters is 1. The molecule has 0 amide bonds. The van der Waals surface area contributed by atoms with Crippen LogP contribution in [0.15, 0.2) is 0 Å². The van der Waals surface area contributed by atoms with Gasteiger partial charge in [-0.25, -0.2) is 0 Å². The molecule has 4 heteroatoms. The van der Waals surface area contributed by atoms with Crippen LogP contribution in [-0.2, 0) is 9.53 Å². The van der Waals surface area contributed by atoms with Crippen LogP contribution in [-0.4, -0.2) is 37.4 Å². The molecule has 0 aromatic heterocycles. The second-order valence-electron chi connectivity index (χ2n) is 8.59. The van der Waals surface area contributed by atoms with Gasteiger partial charge in [-0.05, 0) is 51.1 Å². The summed E-state index contributed by atoms with van der Waals surface area (Å²) in [7, 11) is 0. The van der Waals surface area contributed by atoms with Crippen molar-refractivity contribution in [1.29, 1.82) is 0 Å². The molecule has 1 unspecified atom stereocenters. The predicted octanol–water partition coefficient (Wildman–Crippen LogP) is 6.40. The largest absolute Gasteiger partial charge is 0.465 e. The third-order valence-corrected chi connectivity index (χ3v) is 5.66. The number of carbonyl (C=O) groups is 1. The molecule has 0 rings (SSSR count). The maximum Gasteiger partial charge on any atom is 0.305 e. The number of hydrogen-bond donors (Lipinski definition) is 2. The lowest BCUT2D eigenvalue weighted by Gasteiger charge is -2.17. The molecule has 29 heavy (non-hydrogen) atoms. The van der Waals surface area contributed by atoms with E-state index < -0.39 is 0 Å². The lowest BCUT2D eigenvalue weighted by molar-refractivity contribution is -0.145. The van der Waals surface area contributed by atoms with Crippen molar-refractivity contribution in [3.05, 3.63) is 0 Å². The Morgan fingerprint density at radius 2 is 1.31 bits per heavy atom. The van der Waals surface area contributed by atoms with Crippen LogP contribution >= 0.6 is 0 Å². The molecule has 0 fully saturated rings. The minimum Gasteiger partial charge on any atom is -0.465 e. The molecular formula is C25H51NO3. The molecule has 1 atom stereocenters. The van der Waals surface area contributed by atoms with Gasteiger partial charge in [-0.1, -0.05) is 84.5 Å². The molecule has 0 saturated carbocycles. The van der Waals surface area contributed by atoms with E-state index in [4.69, 9.17) is 9.84 Å². The summed E-state index contributed by atoms with van der Waals surface area (Å²) < 4.78 is 5.63. The van der Waals surface area contributed by atoms with Gasteiger partial charge in [-0.2, -0.15) is 0 Å². The van der Waals surface area contributed by atoms with Crippen molar-refractivity contribution in [2.24, 2.45) is 5.92 Å². The van der Waals surface area contributed by atoms with Crippen LogP contribution in [0.2, 0.25) is 0 Å². The second kappa shape index (κ2) is 23.7. The highest BCUT2D eigenvalue weighted by Crippen LogP contribution is 2.19. The zero-order valence-corrected chi connectivity index (χ0v) is 19.7. The monoisotopic (exact) mass is 413 g/mol. The van der Waals surface area contributed by atoms with Crippen molar-refractivity contribution in [1.82, 2.24) is 5.32 Å². The maximum absolute atomic E-state index is 12.1. The Labute approximate surface area is 181 Å². The minimum absolute atomic E-state index is 0.0141. The maximum atomic E-state index is 12.1. The van der Waals surface area contributed by atoms with Gasteiger partial charge in [0.05, 0.1) is 6.61 Å². The van der Waals surface area contributed by atoms with Crippen LogP contribution in [0.25, 0.3) is 0 Å². The van der Waals surface area contributed by atoms with E-state index in [1.807, 2.05) is 0 Å². The van der Waals surface area contributed by atoms with Crippen molar-refractivity contribution in [3.63, 3.8) is 0 Å². The van der Waals surface area contributed by atoms with Crippen LogP contribution in [0.5, 0.6) is 0 Å². The summed E-state index contributed by atoms with van der Waals surface area (Å²) >= 11 is 0. The number of nitrogens with one attached hydrogen (secondary N) is 1. The molecule has 0 aromatic carbocycles. The lowest BCUT2D eigenvalue weighted by Crippen LogP contribution is -2.17. The highest BCUT2D eigenvalue weighted by Gasteiger charge is 2.12. The molecule has 4 nitrogen and oxygen atoms in total. The topological polar surface area (TPSA) is 58.6 Å². The van der Waals surface area contributed by atoms with Crippen molar-refractivity contribution in [2.75, 3.05) is 26.3 Å². The minimum atomic E-state index is -0.0141. The van der Waals surface area contributed by atoms with Gasteiger partial charge in [0, 0.05) is 13.0 Å². The molecule has 0 spiro atoms. The highest BCUT2D eigenvalue weighted by molar-refractivity contribution is 5.69. The van der Waals surface area contributed by atoms with Gasteiger partial charge >= 0.3 is 5.97 Å². The first kappa shape index (κ1) is 28.4. The van der Waals surface area contributed by atoms with E-state index in [0.717, 1.165) is 38.8 Å². The number of carbonyl (C=O) groups excluding carboxylic acids is 1. The molecule has 0 saturated heterocycles. The number of hydrogen-bond acceptors (Lipinski definition) is 4. The summed E-state index contributed by atoms with van der Waals surface area (Å²) in [6.07, 6.45) is 20.0. The summed E-state index contributed by atoms with van der Waals surface area (Å²) in [4.78, 5) is 12.1. The van der Waals surface area contributed by atoms with E-state index in [2.05, 4.69) is 19.2 Å². The Bertz CT molecular complexity index is 336. The Morgan fingerprint density at radius 3 is 1.97 bits per heavy atom. The first-order valence-electron chi connectivity index (χ1n) is 12.7.